The molecule has 0 saturated heterocycles. The molecule has 6 nitrogen and oxygen atoms in total. The number of hydrogen-bond donors (Lipinski definition) is 3. The van der Waals surface area contributed by atoms with Crippen LogP contribution in [-0.2, 0) is 16.0 Å². The Kier molecular flexibility index (Phi) is 5.32. The van der Waals surface area contributed by atoms with Gasteiger partial charge >= 0.3 is 11.9 Å². The van der Waals surface area contributed by atoms with E-state index in [4.69, 9.17) is 14.9 Å². The van der Waals surface area contributed by atoms with Gasteiger partial charge in [0.15, 0.2) is 6.10 Å². The van der Waals surface area contributed by atoms with Crippen LogP contribution in [0.5, 0.6) is 5.75 Å². The van der Waals surface area contributed by atoms with E-state index in [0.717, 1.165) is 0 Å². The Morgan fingerprint density at radius 3 is 2.53 bits per heavy atom. The number of aryl methyl sites for hydroxylation is 1. The molecule has 1 atom stereocenters. The SMILES string of the molecule is CCOc1cccc(CCC(=O)O)c1C(O)C(=O)O. The average molecular weight is 268 g/mol. The van der Waals surface area contributed by atoms with Crippen molar-refractivity contribution in [2.24, 2.45) is 0 Å². The fourth-order valence-electron chi connectivity index (χ4n) is 1.76. The van der Waals surface area contributed by atoms with Crippen molar-refractivity contribution in [1.29, 1.82) is 0 Å². The van der Waals surface area contributed by atoms with Crippen LogP contribution in [0.2, 0.25) is 0 Å². The molecule has 1 unspecified atom stereocenters. The fraction of sp³-hybridized carbons (Fsp3) is 0.385. The molecule has 6 heteroatoms. The summed E-state index contributed by atoms with van der Waals surface area (Å²) in [6, 6.07) is 4.78. The number of aliphatic hydroxyl groups is 1. The van der Waals surface area contributed by atoms with E-state index in [0.29, 0.717) is 12.2 Å². The molecule has 104 valence electrons. The lowest BCUT2D eigenvalue weighted by Crippen LogP contribution is -2.15. The standard InChI is InChI=1S/C13H16O6/c1-2-19-9-5-3-4-8(6-7-10(14)15)11(9)12(16)13(17)18/h3-5,12,16H,2,6-7H2,1H3,(H,14,15)(H,17,18). The van der Waals surface area contributed by atoms with Gasteiger partial charge in [0, 0.05) is 12.0 Å². The number of benzene rings is 1. The summed E-state index contributed by atoms with van der Waals surface area (Å²) in [6.07, 6.45) is -1.74. The second-order valence-corrected chi connectivity index (χ2v) is 3.90. The number of aliphatic hydroxyl groups excluding tert-OH is 1. The van der Waals surface area contributed by atoms with Gasteiger partial charge in [0.2, 0.25) is 0 Å². The molecule has 0 aliphatic heterocycles. The van der Waals surface area contributed by atoms with Crippen LogP contribution in [0.4, 0.5) is 0 Å². The first-order valence-electron chi connectivity index (χ1n) is 5.84. The van der Waals surface area contributed by atoms with E-state index in [2.05, 4.69) is 0 Å². The summed E-state index contributed by atoms with van der Waals surface area (Å²) in [5.74, 6) is -2.12. The zero-order valence-electron chi connectivity index (χ0n) is 10.5. The minimum absolute atomic E-state index is 0.123. The van der Waals surface area contributed by atoms with Crippen molar-refractivity contribution in [1.82, 2.24) is 0 Å². The van der Waals surface area contributed by atoms with Gasteiger partial charge in [-0.3, -0.25) is 4.79 Å². The van der Waals surface area contributed by atoms with Crippen LogP contribution in [0.3, 0.4) is 0 Å². The molecule has 0 aromatic heterocycles. The molecular weight excluding hydrogens is 252 g/mol. The summed E-state index contributed by atoms with van der Waals surface area (Å²) in [5, 5.41) is 27.3. The molecule has 0 saturated carbocycles. The third kappa shape index (κ3) is 3.96. The van der Waals surface area contributed by atoms with Crippen LogP contribution in [0.25, 0.3) is 0 Å². The molecule has 19 heavy (non-hydrogen) atoms. The number of carbonyl (C=O) groups is 2. The van der Waals surface area contributed by atoms with Gasteiger partial charge in [-0.1, -0.05) is 12.1 Å². The van der Waals surface area contributed by atoms with Gasteiger partial charge < -0.3 is 20.1 Å². The quantitative estimate of drug-likeness (QED) is 0.687. The summed E-state index contributed by atoms with van der Waals surface area (Å²) in [6.45, 7) is 2.06. The summed E-state index contributed by atoms with van der Waals surface area (Å²) in [7, 11) is 0. The fourth-order valence-corrected chi connectivity index (χ4v) is 1.76. The Balaban J connectivity index is 3.17. The third-order valence-corrected chi connectivity index (χ3v) is 2.57. The molecule has 0 heterocycles. The lowest BCUT2D eigenvalue weighted by molar-refractivity contribution is -0.147. The molecule has 0 spiro atoms. The number of hydrogen-bond acceptors (Lipinski definition) is 4. The molecule has 0 fully saturated rings. The first-order valence-corrected chi connectivity index (χ1v) is 5.84. The maximum Gasteiger partial charge on any atom is 0.337 e. The topological polar surface area (TPSA) is 104 Å². The van der Waals surface area contributed by atoms with Gasteiger partial charge in [-0.25, -0.2) is 4.79 Å². The lowest BCUT2D eigenvalue weighted by Gasteiger charge is -2.16. The van der Waals surface area contributed by atoms with E-state index >= 15 is 0 Å². The molecule has 0 bridgehead atoms. The summed E-state index contributed by atoms with van der Waals surface area (Å²) < 4.78 is 5.29. The van der Waals surface area contributed by atoms with E-state index in [1.54, 1.807) is 25.1 Å². The average Bonchev–Trinajstić information content (AvgIpc) is 2.36. The van der Waals surface area contributed by atoms with E-state index in [1.807, 2.05) is 0 Å². The van der Waals surface area contributed by atoms with Crippen molar-refractivity contribution in [2.45, 2.75) is 25.9 Å². The first kappa shape index (κ1) is 15.0. The van der Waals surface area contributed by atoms with Gasteiger partial charge in [0.05, 0.1) is 6.61 Å². The molecule has 1 rings (SSSR count). The van der Waals surface area contributed by atoms with Crippen molar-refractivity contribution in [3.05, 3.63) is 29.3 Å². The Morgan fingerprint density at radius 2 is 2.00 bits per heavy atom. The van der Waals surface area contributed by atoms with E-state index in [1.165, 1.54) is 0 Å². The molecular formula is C13H16O6. The lowest BCUT2D eigenvalue weighted by atomic mass is 9.97. The predicted molar refractivity (Wildman–Crippen MR) is 66.2 cm³/mol. The largest absolute Gasteiger partial charge is 0.493 e. The number of ether oxygens (including phenoxy) is 1. The van der Waals surface area contributed by atoms with Crippen LogP contribution in [0, 0.1) is 0 Å². The maximum atomic E-state index is 10.9. The smallest absolute Gasteiger partial charge is 0.337 e. The molecule has 1 aromatic rings. The Labute approximate surface area is 110 Å². The Morgan fingerprint density at radius 1 is 1.32 bits per heavy atom. The Hall–Kier alpha value is -2.08. The monoisotopic (exact) mass is 268 g/mol. The molecule has 0 aliphatic rings. The van der Waals surface area contributed by atoms with Gasteiger partial charge in [-0.2, -0.15) is 0 Å². The second-order valence-electron chi connectivity index (χ2n) is 3.90. The van der Waals surface area contributed by atoms with Crippen LogP contribution < -0.4 is 4.74 Å². The summed E-state index contributed by atoms with van der Waals surface area (Å²) in [5.41, 5.74) is 0.585. The Bertz CT molecular complexity index is 468. The molecule has 0 aliphatic carbocycles. The van der Waals surface area contributed by atoms with E-state index in [-0.39, 0.29) is 24.2 Å². The molecule has 1 aromatic carbocycles. The molecule has 3 N–H and O–H groups in total. The summed E-state index contributed by atoms with van der Waals surface area (Å²) >= 11 is 0. The molecule has 0 amide bonds. The number of carboxylic acid groups (broad SMARTS) is 2. The van der Waals surface area contributed by atoms with Crippen molar-refractivity contribution in [2.75, 3.05) is 6.61 Å². The zero-order valence-corrected chi connectivity index (χ0v) is 10.5. The van der Waals surface area contributed by atoms with Gasteiger partial charge in [-0.05, 0) is 25.0 Å². The van der Waals surface area contributed by atoms with Crippen molar-refractivity contribution in [3.63, 3.8) is 0 Å². The van der Waals surface area contributed by atoms with E-state index < -0.39 is 18.0 Å². The zero-order chi connectivity index (χ0) is 14.4. The number of rotatable bonds is 7. The third-order valence-electron chi connectivity index (χ3n) is 2.57. The van der Waals surface area contributed by atoms with Crippen molar-refractivity contribution in [3.8, 4) is 5.75 Å². The van der Waals surface area contributed by atoms with Crippen LogP contribution in [0.15, 0.2) is 18.2 Å². The summed E-state index contributed by atoms with van der Waals surface area (Å²) in [4.78, 5) is 21.5. The highest BCUT2D eigenvalue weighted by Crippen LogP contribution is 2.30. The normalized spacial score (nSPS) is 11.9. The van der Waals surface area contributed by atoms with Crippen LogP contribution in [0.1, 0.15) is 30.6 Å². The first-order chi connectivity index (χ1) is 8.97. The highest BCUT2D eigenvalue weighted by atomic mass is 16.5. The second kappa shape index (κ2) is 6.75. The van der Waals surface area contributed by atoms with Gasteiger partial charge in [0.25, 0.3) is 0 Å². The highest BCUT2D eigenvalue weighted by molar-refractivity contribution is 5.76. The minimum atomic E-state index is -1.73. The van der Waals surface area contributed by atoms with Gasteiger partial charge in [-0.15, -0.1) is 0 Å². The van der Waals surface area contributed by atoms with Crippen molar-refractivity contribution < 1.29 is 29.6 Å². The highest BCUT2D eigenvalue weighted by Gasteiger charge is 2.24. The predicted octanol–water partition coefficient (Wildman–Crippen LogP) is 1.22. The maximum absolute atomic E-state index is 10.9. The van der Waals surface area contributed by atoms with Crippen LogP contribution >= 0.6 is 0 Å². The van der Waals surface area contributed by atoms with E-state index in [9.17, 15) is 14.7 Å². The van der Waals surface area contributed by atoms with Crippen molar-refractivity contribution >= 4 is 11.9 Å². The molecule has 0 radical (unpaired) electrons. The minimum Gasteiger partial charge on any atom is -0.493 e. The number of carboxylic acids is 2. The number of aliphatic carboxylic acids is 2. The van der Waals surface area contributed by atoms with Gasteiger partial charge in [0.1, 0.15) is 5.75 Å². The van der Waals surface area contributed by atoms with Crippen LogP contribution in [-0.4, -0.2) is 33.9 Å².